The van der Waals surface area contributed by atoms with E-state index in [1.807, 2.05) is 0 Å². The zero-order valence-corrected chi connectivity index (χ0v) is 45.7. The zero-order chi connectivity index (χ0) is 59.6. The van der Waals surface area contributed by atoms with Crippen LogP contribution in [0.5, 0.6) is 23.0 Å². The summed E-state index contributed by atoms with van der Waals surface area (Å²) in [5.41, 5.74) is 0.0229. The highest BCUT2D eigenvalue weighted by Crippen LogP contribution is 2.35. The van der Waals surface area contributed by atoms with E-state index in [2.05, 4.69) is 20.8 Å². The van der Waals surface area contributed by atoms with Crippen LogP contribution in [0.1, 0.15) is 55.9 Å². The minimum atomic E-state index is -1.37. The first kappa shape index (κ1) is 61.6. The molecular formula is C54H55F6N6O14S2+. The molecule has 0 aromatic heterocycles. The Morgan fingerprint density at radius 1 is 0.646 bits per heavy atom. The van der Waals surface area contributed by atoms with E-state index in [1.54, 1.807) is 57.2 Å². The summed E-state index contributed by atoms with van der Waals surface area (Å²) < 4.78 is 109. The molecule has 0 bridgehead atoms. The summed E-state index contributed by atoms with van der Waals surface area (Å²) in [4.78, 5) is 93.3. The Morgan fingerprint density at radius 3 is 1.52 bits per heavy atom. The third kappa shape index (κ3) is 16.3. The molecule has 0 aliphatic carbocycles. The molecule has 438 valence electrons. The highest BCUT2D eigenvalue weighted by Gasteiger charge is 2.39. The van der Waals surface area contributed by atoms with Crippen molar-refractivity contribution in [3.63, 3.8) is 0 Å². The Balaban J connectivity index is 0.000000239. The molecule has 4 heterocycles. The Kier molecular flexibility index (Phi) is 20.4. The van der Waals surface area contributed by atoms with Crippen molar-refractivity contribution in [2.45, 2.75) is 100 Å². The van der Waals surface area contributed by atoms with Crippen molar-refractivity contribution < 1.29 is 93.8 Å². The number of thioether (sulfide) groups is 2. The molecule has 0 spiro atoms. The second kappa shape index (κ2) is 27.1. The van der Waals surface area contributed by atoms with E-state index in [0.717, 1.165) is 0 Å². The molecule has 4 aromatic rings. The van der Waals surface area contributed by atoms with Crippen molar-refractivity contribution in [1.82, 2.24) is 25.8 Å². The van der Waals surface area contributed by atoms with Gasteiger partial charge in [0, 0.05) is 62.3 Å². The van der Waals surface area contributed by atoms with Crippen molar-refractivity contribution in [3.05, 3.63) is 123 Å². The minimum Gasteiger partial charge on any atom is -0.485 e. The first-order valence-electron chi connectivity index (χ1n) is 25.2. The van der Waals surface area contributed by atoms with Gasteiger partial charge in [0.05, 0.1) is 6.42 Å². The molecule has 8 rings (SSSR count). The van der Waals surface area contributed by atoms with Crippen molar-refractivity contribution in [1.29, 1.82) is 0 Å². The number of carbonyl (C=O) groups excluding carboxylic acids is 5. The third-order valence-electron chi connectivity index (χ3n) is 12.6. The van der Waals surface area contributed by atoms with Gasteiger partial charge in [0.2, 0.25) is 24.0 Å². The van der Waals surface area contributed by atoms with Gasteiger partial charge in [0.1, 0.15) is 36.9 Å². The number of aliphatic carboxylic acids is 2. The van der Waals surface area contributed by atoms with Gasteiger partial charge in [-0.25, -0.2) is 40.7 Å². The maximum atomic E-state index is 14.4. The van der Waals surface area contributed by atoms with Gasteiger partial charge in [-0.2, -0.15) is 0 Å². The van der Waals surface area contributed by atoms with Crippen LogP contribution in [0.25, 0.3) is 4.85 Å². The predicted octanol–water partition coefficient (Wildman–Crippen LogP) is 6.18. The highest BCUT2D eigenvalue weighted by molar-refractivity contribution is 8.01. The van der Waals surface area contributed by atoms with E-state index in [-0.39, 0.29) is 81.2 Å². The largest absolute Gasteiger partial charge is 0.485 e. The van der Waals surface area contributed by atoms with Gasteiger partial charge in [0.15, 0.2) is 57.0 Å². The minimum absolute atomic E-state index is 0.0785. The van der Waals surface area contributed by atoms with Crippen molar-refractivity contribution in [2.24, 2.45) is 0 Å². The van der Waals surface area contributed by atoms with E-state index in [4.69, 9.17) is 40.5 Å². The number of alkyl carbamates (subject to hydrolysis) is 1. The first-order valence-corrected chi connectivity index (χ1v) is 27.3. The predicted molar refractivity (Wildman–Crippen MR) is 282 cm³/mol. The average molecular weight is 1190 g/mol. The second-order valence-corrected chi connectivity index (χ2v) is 22.2. The Bertz CT molecular complexity index is 3150. The molecule has 28 heteroatoms. The lowest BCUT2D eigenvalue weighted by molar-refractivity contribution is -0.148. The number of rotatable bonds is 17. The summed E-state index contributed by atoms with van der Waals surface area (Å²) in [6.07, 6.45) is -4.30. The number of hydrogen-bond acceptors (Lipinski definition) is 14. The lowest BCUT2D eigenvalue weighted by Crippen LogP contribution is -2.48. The van der Waals surface area contributed by atoms with Crippen molar-refractivity contribution in [2.75, 3.05) is 37.8 Å². The smallest absolute Gasteiger partial charge is 0.407 e. The number of benzene rings is 4. The van der Waals surface area contributed by atoms with Gasteiger partial charge in [-0.3, -0.25) is 19.2 Å². The monoisotopic (exact) mass is 1190 g/mol. The number of nitrogens with one attached hydrogen (secondary N) is 3. The summed E-state index contributed by atoms with van der Waals surface area (Å²) in [6, 6.07) is 9.85. The van der Waals surface area contributed by atoms with Gasteiger partial charge < -0.3 is 59.6 Å². The highest BCUT2D eigenvalue weighted by atomic mass is 32.2. The zero-order valence-electron chi connectivity index (χ0n) is 44.0. The Morgan fingerprint density at radius 2 is 1.09 bits per heavy atom. The Hall–Kier alpha value is -8.06. The van der Waals surface area contributed by atoms with E-state index >= 15 is 0 Å². The summed E-state index contributed by atoms with van der Waals surface area (Å²) in [5.74, 6) is -9.11. The SMILES string of the molecule is C#[N+][C@@H](CC(=O)N1CCSC1C(=O)NCc1ccc2c(c1)OCC(C(=O)O)O2)Cc1cc(F)c(F)cc1F.CC(C)(C)OC(=O)N[C@@H](CC(=O)N1CCSC1C(=O)NCc1ccc2c(c1)OCC(C(=O)O)O2)Cc1cc(F)c(F)cc1F. The number of carboxylic acids is 2. The van der Waals surface area contributed by atoms with Crippen LogP contribution >= 0.6 is 23.5 Å². The number of halogens is 6. The van der Waals surface area contributed by atoms with Gasteiger partial charge in [-0.05, 0) is 85.8 Å². The standard InChI is InChI=1S/C29H32F3N3O8S.C25H22F3N3O6S/c1-29(2,3)43-28(40)34-17(9-16-10-19(31)20(32)12-18(16)30)11-24(36)35-6-7-44-26(35)25(37)33-13-15-4-5-21-22(8-15)41-14-23(42-21)27(38)39;1-29-15(7-14-8-17(27)18(28)10-16(14)26)9-22(32)31-4-5-38-24(31)23(33)30-11-13-2-3-19-20(6-13)36-12-21(37-19)25(34)35/h4-5,8,10,12,17,23,26H,6-7,9,11,13-14H2,1-3H3,(H,33,37)(H,34,40)(H,38,39);1-3,6,8,10,15,21,24H,4-5,7,9,11-12H2,(H-,30,33,34,35)/p+1/t17-,23?,26?;15-,21?,24?/m11/s1. The molecule has 20 nitrogen and oxygen atoms in total. The van der Waals surface area contributed by atoms with E-state index in [0.29, 0.717) is 64.9 Å². The van der Waals surface area contributed by atoms with Gasteiger partial charge in [-0.1, -0.05) is 17.0 Å². The fourth-order valence-electron chi connectivity index (χ4n) is 8.56. The number of carboxylic acid groups (broad SMARTS) is 2. The molecule has 0 radical (unpaired) electrons. The molecule has 4 aliphatic rings. The molecule has 2 saturated heterocycles. The molecule has 4 unspecified atom stereocenters. The van der Waals surface area contributed by atoms with E-state index in [1.165, 1.54) is 33.3 Å². The summed E-state index contributed by atoms with van der Waals surface area (Å²) in [5, 5.41) is 24.5. The molecule has 5 amide bonds. The second-order valence-electron chi connectivity index (χ2n) is 19.8. The molecule has 5 N–H and O–H groups in total. The number of carbonyl (C=O) groups is 7. The van der Waals surface area contributed by atoms with E-state index < -0.39 is 117 Å². The summed E-state index contributed by atoms with van der Waals surface area (Å²) in [6.45, 7) is 10.7. The fourth-order valence-corrected chi connectivity index (χ4v) is 10.9. The molecule has 4 aliphatic heterocycles. The van der Waals surface area contributed by atoms with Crippen molar-refractivity contribution in [3.8, 4) is 29.6 Å². The Labute approximate surface area is 473 Å². The number of hydrogen-bond donors (Lipinski definition) is 5. The van der Waals surface area contributed by atoms with Crippen LogP contribution in [0.3, 0.4) is 0 Å². The lowest BCUT2D eigenvalue weighted by Gasteiger charge is -2.27. The number of amides is 5. The number of nitrogens with zero attached hydrogens (tertiary/aromatic N) is 3. The molecule has 82 heavy (non-hydrogen) atoms. The van der Waals surface area contributed by atoms with Gasteiger partial charge in [0.25, 0.3) is 24.4 Å². The lowest BCUT2D eigenvalue weighted by atomic mass is 10.0. The molecule has 6 atom stereocenters. The van der Waals surface area contributed by atoms with Gasteiger partial charge in [-0.15, -0.1) is 23.5 Å². The van der Waals surface area contributed by atoms with E-state index in [9.17, 15) is 59.9 Å². The van der Waals surface area contributed by atoms with Crippen LogP contribution in [0.4, 0.5) is 31.1 Å². The number of ether oxygens (including phenoxy) is 5. The molecule has 0 saturated carbocycles. The van der Waals surface area contributed by atoms with Crippen LogP contribution < -0.4 is 34.9 Å². The number of fused-ring (bicyclic) bond motifs is 2. The summed E-state index contributed by atoms with van der Waals surface area (Å²) >= 11 is 2.51. The molecule has 4 aromatic carbocycles. The molecular weight excluding hydrogens is 1130 g/mol. The maximum absolute atomic E-state index is 14.4. The van der Waals surface area contributed by atoms with Gasteiger partial charge >= 0.3 is 18.0 Å². The first-order chi connectivity index (χ1) is 38.9. The van der Waals surface area contributed by atoms with Crippen LogP contribution in [0.15, 0.2) is 60.7 Å². The maximum Gasteiger partial charge on any atom is 0.407 e. The average Bonchev–Trinajstić information content (AvgIpc) is 4.24. The van der Waals surface area contributed by atoms with Crippen molar-refractivity contribution >= 4 is 65.2 Å². The third-order valence-corrected chi connectivity index (χ3v) is 15.0. The topological polar surface area (TPSA) is 253 Å². The molecule has 2 fully saturated rings. The fraction of sp³-hybridized carbons (Fsp3) is 0.407. The van der Waals surface area contributed by atoms with Crippen LogP contribution in [-0.2, 0) is 59.4 Å². The van der Waals surface area contributed by atoms with Crippen LogP contribution in [0.2, 0.25) is 0 Å². The quantitative estimate of drug-likeness (QED) is 0.0584. The van der Waals surface area contributed by atoms with Crippen LogP contribution in [-0.4, -0.2) is 140 Å². The van der Waals surface area contributed by atoms with Crippen LogP contribution in [0, 0.1) is 41.5 Å². The normalized spacial score (nSPS) is 18.6. The summed E-state index contributed by atoms with van der Waals surface area (Å²) in [7, 11) is 0.